The summed E-state index contributed by atoms with van der Waals surface area (Å²) >= 11 is 0. The summed E-state index contributed by atoms with van der Waals surface area (Å²) in [6.45, 7) is 2.04. The van der Waals surface area contributed by atoms with Gasteiger partial charge in [-0.3, -0.25) is 4.79 Å². The van der Waals surface area contributed by atoms with E-state index in [1.165, 1.54) is 18.5 Å². The Labute approximate surface area is 179 Å². The van der Waals surface area contributed by atoms with Crippen LogP contribution in [0.3, 0.4) is 0 Å². The SMILES string of the molecule is C[C@@H](NC(=O)c1ccc(C#N)cc1)C1[C@H]2CC(Oc3ncnc4ccc(F)cc34)C[C@@H]12. The Balaban J connectivity index is 1.18. The largest absolute Gasteiger partial charge is 0.474 e. The highest BCUT2D eigenvalue weighted by Crippen LogP contribution is 2.59. The van der Waals surface area contributed by atoms with Crippen LogP contribution < -0.4 is 10.1 Å². The highest BCUT2D eigenvalue weighted by atomic mass is 19.1. The van der Waals surface area contributed by atoms with Gasteiger partial charge in [-0.15, -0.1) is 0 Å². The third-order valence-electron chi connectivity index (χ3n) is 6.52. The maximum absolute atomic E-state index is 13.6. The summed E-state index contributed by atoms with van der Waals surface area (Å²) in [6.07, 6.45) is 3.27. The van der Waals surface area contributed by atoms with Gasteiger partial charge in [0.05, 0.1) is 22.5 Å². The molecule has 1 aromatic heterocycles. The first-order chi connectivity index (χ1) is 15.0. The van der Waals surface area contributed by atoms with Crippen molar-refractivity contribution in [1.29, 1.82) is 5.26 Å². The number of rotatable bonds is 5. The van der Waals surface area contributed by atoms with E-state index in [4.69, 9.17) is 10.00 Å². The number of fused-ring (bicyclic) bond motifs is 2. The van der Waals surface area contributed by atoms with Crippen LogP contribution in [-0.2, 0) is 0 Å². The summed E-state index contributed by atoms with van der Waals surface area (Å²) in [5.41, 5.74) is 1.75. The van der Waals surface area contributed by atoms with Gasteiger partial charge >= 0.3 is 0 Å². The molecule has 2 aliphatic rings. The van der Waals surface area contributed by atoms with Crippen molar-refractivity contribution in [3.63, 3.8) is 0 Å². The summed E-state index contributed by atoms with van der Waals surface area (Å²) in [5.74, 6) is 1.41. The first-order valence-electron chi connectivity index (χ1n) is 10.4. The zero-order valence-corrected chi connectivity index (χ0v) is 17.0. The fourth-order valence-electron chi connectivity index (χ4n) is 5.02. The van der Waals surface area contributed by atoms with Crippen molar-refractivity contribution in [3.05, 3.63) is 65.7 Å². The highest BCUT2D eigenvalue weighted by Gasteiger charge is 2.58. The number of nitrogens with one attached hydrogen (secondary N) is 1. The molecule has 0 radical (unpaired) electrons. The molecule has 1 N–H and O–H groups in total. The van der Waals surface area contributed by atoms with Crippen LogP contribution in [0.4, 0.5) is 4.39 Å². The van der Waals surface area contributed by atoms with Crippen LogP contribution in [0, 0.1) is 34.9 Å². The number of halogens is 1. The van der Waals surface area contributed by atoms with Gasteiger partial charge in [-0.1, -0.05) is 0 Å². The maximum Gasteiger partial charge on any atom is 0.251 e. The molecule has 3 aromatic rings. The first kappa shape index (κ1) is 19.4. The molecule has 5 rings (SSSR count). The Morgan fingerprint density at radius 2 is 1.94 bits per heavy atom. The minimum absolute atomic E-state index is 0.0362. The molecule has 2 aromatic carbocycles. The Bertz CT molecular complexity index is 1180. The van der Waals surface area contributed by atoms with E-state index in [2.05, 4.69) is 21.4 Å². The molecule has 1 heterocycles. The number of carbonyl (C=O) groups is 1. The number of ether oxygens (including phenoxy) is 1. The molecule has 2 saturated carbocycles. The van der Waals surface area contributed by atoms with Crippen LogP contribution in [0.15, 0.2) is 48.8 Å². The molecular weight excluding hydrogens is 395 g/mol. The van der Waals surface area contributed by atoms with E-state index < -0.39 is 0 Å². The molecule has 2 fully saturated rings. The van der Waals surface area contributed by atoms with Crippen LogP contribution in [0.25, 0.3) is 10.9 Å². The third kappa shape index (κ3) is 3.70. The van der Waals surface area contributed by atoms with E-state index >= 15 is 0 Å². The van der Waals surface area contributed by atoms with Crippen molar-refractivity contribution >= 4 is 16.8 Å². The summed E-state index contributed by atoms with van der Waals surface area (Å²) in [4.78, 5) is 20.9. The lowest BCUT2D eigenvalue weighted by atomic mass is 10.0. The lowest BCUT2D eigenvalue weighted by Gasteiger charge is -2.20. The fraction of sp³-hybridized carbons (Fsp3) is 0.333. The predicted octanol–water partition coefficient (Wildman–Crippen LogP) is 3.86. The molecule has 0 aliphatic heterocycles. The summed E-state index contributed by atoms with van der Waals surface area (Å²) in [6, 6.07) is 13.2. The van der Waals surface area contributed by atoms with Gasteiger partial charge in [-0.2, -0.15) is 5.26 Å². The first-order valence-corrected chi connectivity index (χ1v) is 10.4. The minimum atomic E-state index is -0.340. The summed E-state index contributed by atoms with van der Waals surface area (Å²) in [7, 11) is 0. The van der Waals surface area contributed by atoms with Gasteiger partial charge in [0.15, 0.2) is 0 Å². The number of amides is 1. The van der Waals surface area contributed by atoms with Crippen molar-refractivity contribution in [1.82, 2.24) is 15.3 Å². The zero-order chi connectivity index (χ0) is 21.5. The second kappa shape index (κ2) is 7.62. The van der Waals surface area contributed by atoms with E-state index in [1.54, 1.807) is 30.3 Å². The molecule has 31 heavy (non-hydrogen) atoms. The van der Waals surface area contributed by atoms with Crippen LogP contribution in [0.1, 0.15) is 35.7 Å². The van der Waals surface area contributed by atoms with Gasteiger partial charge in [0.2, 0.25) is 5.88 Å². The van der Waals surface area contributed by atoms with E-state index in [9.17, 15) is 9.18 Å². The Hall–Kier alpha value is -3.53. The smallest absolute Gasteiger partial charge is 0.251 e. The molecule has 0 bridgehead atoms. The molecule has 6 nitrogen and oxygen atoms in total. The highest BCUT2D eigenvalue weighted by molar-refractivity contribution is 5.94. The number of benzene rings is 2. The van der Waals surface area contributed by atoms with Crippen LogP contribution in [-0.4, -0.2) is 28.0 Å². The fourth-order valence-corrected chi connectivity index (χ4v) is 5.02. The van der Waals surface area contributed by atoms with E-state index in [-0.39, 0.29) is 23.9 Å². The van der Waals surface area contributed by atoms with Gasteiger partial charge in [-0.25, -0.2) is 14.4 Å². The average molecular weight is 416 g/mol. The molecule has 0 spiro atoms. The monoisotopic (exact) mass is 416 g/mol. The Morgan fingerprint density at radius 3 is 2.65 bits per heavy atom. The average Bonchev–Trinajstić information content (AvgIpc) is 3.29. The van der Waals surface area contributed by atoms with E-state index in [0.717, 1.165) is 12.8 Å². The lowest BCUT2D eigenvalue weighted by molar-refractivity contribution is 0.0930. The molecule has 7 heteroatoms. The number of nitriles is 1. The number of hydrogen-bond acceptors (Lipinski definition) is 5. The maximum atomic E-state index is 13.6. The van der Waals surface area contributed by atoms with Crippen LogP contribution in [0.5, 0.6) is 5.88 Å². The molecule has 0 saturated heterocycles. The van der Waals surface area contributed by atoms with Gasteiger partial charge in [-0.05, 0) is 80.0 Å². The topological polar surface area (TPSA) is 87.9 Å². The molecule has 156 valence electrons. The Kier molecular flexibility index (Phi) is 4.78. The van der Waals surface area contributed by atoms with Crippen molar-refractivity contribution in [2.75, 3.05) is 0 Å². The molecular formula is C24H21FN4O2. The summed E-state index contributed by atoms with van der Waals surface area (Å²) < 4.78 is 19.8. The zero-order valence-electron chi connectivity index (χ0n) is 17.0. The van der Waals surface area contributed by atoms with Gasteiger partial charge in [0.1, 0.15) is 18.2 Å². The predicted molar refractivity (Wildman–Crippen MR) is 112 cm³/mol. The Morgan fingerprint density at radius 1 is 1.19 bits per heavy atom. The minimum Gasteiger partial charge on any atom is -0.474 e. The van der Waals surface area contributed by atoms with Crippen molar-refractivity contribution < 1.29 is 13.9 Å². The van der Waals surface area contributed by atoms with Gasteiger partial charge in [0.25, 0.3) is 5.91 Å². The normalized spacial score (nSPS) is 24.8. The van der Waals surface area contributed by atoms with Gasteiger partial charge in [0, 0.05) is 11.6 Å². The van der Waals surface area contributed by atoms with Crippen molar-refractivity contribution in [2.24, 2.45) is 17.8 Å². The molecule has 5 atom stereocenters. The second-order valence-corrected chi connectivity index (χ2v) is 8.41. The van der Waals surface area contributed by atoms with E-state index in [1.807, 2.05) is 6.92 Å². The number of nitrogens with zero attached hydrogens (tertiary/aromatic N) is 3. The number of hydrogen-bond donors (Lipinski definition) is 1. The number of carbonyl (C=O) groups excluding carboxylic acids is 1. The second-order valence-electron chi connectivity index (χ2n) is 8.41. The third-order valence-corrected chi connectivity index (χ3v) is 6.52. The van der Waals surface area contributed by atoms with Crippen LogP contribution >= 0.6 is 0 Å². The number of aromatic nitrogens is 2. The van der Waals surface area contributed by atoms with E-state index in [0.29, 0.717) is 45.7 Å². The lowest BCUT2D eigenvalue weighted by Crippen LogP contribution is -2.36. The van der Waals surface area contributed by atoms with Gasteiger partial charge < -0.3 is 10.1 Å². The summed E-state index contributed by atoms with van der Waals surface area (Å²) in [5, 5.41) is 12.6. The molecule has 2 aliphatic carbocycles. The van der Waals surface area contributed by atoms with Crippen molar-refractivity contribution in [3.8, 4) is 11.9 Å². The van der Waals surface area contributed by atoms with Crippen molar-refractivity contribution in [2.45, 2.75) is 31.9 Å². The quantitative estimate of drug-likeness (QED) is 0.682. The molecule has 1 amide bonds. The molecule has 2 unspecified atom stereocenters. The standard InChI is InChI=1S/C24H21FN4O2/c1-13(29-23(30)15-4-2-14(11-26)3-5-15)22-18-9-17(10-19(18)22)31-24-20-8-16(25)6-7-21(20)27-12-28-24/h2-8,12-13,17-19,22H,9-10H2,1H3,(H,29,30)/t13-,17?,18-,19+,22?/m1/s1. The van der Waals surface area contributed by atoms with Crippen LogP contribution in [0.2, 0.25) is 0 Å².